The first-order chi connectivity index (χ1) is 11.9. The molecule has 0 saturated carbocycles. The summed E-state index contributed by atoms with van der Waals surface area (Å²) < 4.78 is 5.31. The lowest BCUT2D eigenvalue weighted by atomic mass is 10.1. The molecule has 3 amide bonds. The van der Waals surface area contributed by atoms with E-state index in [4.69, 9.17) is 22.1 Å². The van der Waals surface area contributed by atoms with E-state index in [1.807, 2.05) is 17.5 Å². The van der Waals surface area contributed by atoms with E-state index in [2.05, 4.69) is 5.32 Å². The fraction of sp³-hybridized carbons (Fsp3) is 0.294. The van der Waals surface area contributed by atoms with Gasteiger partial charge in [0.15, 0.2) is 0 Å². The third kappa shape index (κ3) is 5.37. The van der Waals surface area contributed by atoms with Gasteiger partial charge in [-0.3, -0.25) is 4.79 Å². The van der Waals surface area contributed by atoms with Gasteiger partial charge in [0.2, 0.25) is 5.91 Å². The summed E-state index contributed by atoms with van der Waals surface area (Å²) in [4.78, 5) is 26.3. The number of halogens is 1. The van der Waals surface area contributed by atoms with Gasteiger partial charge in [0.25, 0.3) is 0 Å². The zero-order chi connectivity index (χ0) is 18.4. The smallest absolute Gasteiger partial charge is 0.312 e. The predicted octanol–water partition coefficient (Wildman–Crippen LogP) is 3.17. The van der Waals surface area contributed by atoms with Crippen molar-refractivity contribution in [2.24, 2.45) is 5.73 Å². The minimum absolute atomic E-state index is 0.114. The Hall–Kier alpha value is -2.25. The van der Waals surface area contributed by atoms with Gasteiger partial charge >= 0.3 is 6.03 Å². The molecular formula is C17H20ClN3O3S. The number of hydrogen-bond donors (Lipinski definition) is 2. The van der Waals surface area contributed by atoms with Crippen LogP contribution in [0.4, 0.5) is 4.79 Å². The van der Waals surface area contributed by atoms with Crippen LogP contribution in [0.3, 0.4) is 0 Å². The number of carbonyl (C=O) groups excluding carboxylic acids is 2. The monoisotopic (exact) mass is 381 g/mol. The van der Waals surface area contributed by atoms with Gasteiger partial charge in [-0.2, -0.15) is 0 Å². The predicted molar refractivity (Wildman–Crippen MR) is 98.9 cm³/mol. The fourth-order valence-electron chi connectivity index (χ4n) is 2.43. The number of amides is 3. The minimum Gasteiger partial charge on any atom is -0.496 e. The highest BCUT2D eigenvalue weighted by Gasteiger charge is 2.21. The molecule has 1 aromatic heterocycles. The van der Waals surface area contributed by atoms with Crippen molar-refractivity contribution in [2.75, 3.05) is 14.2 Å². The van der Waals surface area contributed by atoms with Crippen LogP contribution in [0.25, 0.3) is 0 Å². The fourth-order valence-corrected chi connectivity index (χ4v) is 3.40. The van der Waals surface area contributed by atoms with Crippen molar-refractivity contribution < 1.29 is 14.3 Å². The van der Waals surface area contributed by atoms with E-state index in [0.29, 0.717) is 17.3 Å². The van der Waals surface area contributed by atoms with Crippen molar-refractivity contribution in [3.8, 4) is 5.75 Å². The van der Waals surface area contributed by atoms with Gasteiger partial charge in [-0.15, -0.1) is 11.3 Å². The molecule has 0 bridgehead atoms. The molecule has 0 saturated heterocycles. The first-order valence-corrected chi connectivity index (χ1v) is 8.82. The molecule has 0 aliphatic rings. The van der Waals surface area contributed by atoms with Crippen molar-refractivity contribution >= 4 is 34.9 Å². The number of hydrogen-bond acceptors (Lipinski definition) is 4. The zero-order valence-electron chi connectivity index (χ0n) is 14.0. The molecule has 1 atom stereocenters. The summed E-state index contributed by atoms with van der Waals surface area (Å²) in [5.41, 5.74) is 6.03. The molecule has 8 heteroatoms. The lowest BCUT2D eigenvalue weighted by molar-refractivity contribution is -0.130. The second kappa shape index (κ2) is 8.73. The van der Waals surface area contributed by atoms with Crippen molar-refractivity contribution in [2.45, 2.75) is 19.0 Å². The highest BCUT2D eigenvalue weighted by Crippen LogP contribution is 2.26. The molecule has 2 rings (SSSR count). The summed E-state index contributed by atoms with van der Waals surface area (Å²) in [6, 6.07) is 7.87. The van der Waals surface area contributed by atoms with E-state index in [9.17, 15) is 9.59 Å². The molecule has 6 nitrogen and oxygen atoms in total. The molecular weight excluding hydrogens is 362 g/mol. The van der Waals surface area contributed by atoms with Gasteiger partial charge in [-0.05, 0) is 29.6 Å². The Kier molecular flexibility index (Phi) is 6.66. The normalized spacial score (nSPS) is 11.6. The molecule has 2 aromatic rings. The second-order valence-electron chi connectivity index (χ2n) is 5.49. The number of carbonyl (C=O) groups is 2. The molecule has 0 aliphatic heterocycles. The quantitative estimate of drug-likeness (QED) is 0.772. The highest BCUT2D eigenvalue weighted by molar-refractivity contribution is 7.10. The summed E-state index contributed by atoms with van der Waals surface area (Å²) >= 11 is 7.49. The number of primary amides is 1. The molecule has 1 aromatic carbocycles. The maximum absolute atomic E-state index is 12.6. The summed E-state index contributed by atoms with van der Waals surface area (Å²) in [7, 11) is 3.26. The maximum atomic E-state index is 12.6. The Morgan fingerprint density at radius 2 is 2.16 bits per heavy atom. The number of nitrogens with two attached hydrogens (primary N) is 1. The summed E-state index contributed by atoms with van der Waals surface area (Å²) in [6.07, 6.45) is 0.114. The molecule has 3 N–H and O–H groups in total. The molecule has 1 unspecified atom stereocenters. The molecule has 1 heterocycles. The van der Waals surface area contributed by atoms with Crippen LogP contribution < -0.4 is 15.8 Å². The number of benzene rings is 1. The highest BCUT2D eigenvalue weighted by atomic mass is 35.5. The number of thiophene rings is 1. The SMILES string of the molecule is COc1ccc(Cl)cc1CN(C)C(=O)CC(NC(N)=O)c1cccs1. The molecule has 0 radical (unpaired) electrons. The number of nitrogens with zero attached hydrogens (tertiary/aromatic N) is 1. The van der Waals surface area contributed by atoms with Crippen LogP contribution >= 0.6 is 22.9 Å². The summed E-state index contributed by atoms with van der Waals surface area (Å²) in [6.45, 7) is 0.344. The number of methoxy groups -OCH3 is 1. The summed E-state index contributed by atoms with van der Waals surface area (Å²) in [5, 5.41) is 5.08. The topological polar surface area (TPSA) is 84.7 Å². The number of nitrogens with one attached hydrogen (secondary N) is 1. The van der Waals surface area contributed by atoms with Crippen LogP contribution in [0.1, 0.15) is 22.9 Å². The lowest BCUT2D eigenvalue weighted by Gasteiger charge is -2.22. The minimum atomic E-state index is -0.662. The van der Waals surface area contributed by atoms with Crippen LogP contribution in [-0.2, 0) is 11.3 Å². The van der Waals surface area contributed by atoms with Crippen molar-refractivity contribution in [1.29, 1.82) is 0 Å². The Balaban J connectivity index is 2.08. The van der Waals surface area contributed by atoms with Crippen molar-refractivity contribution in [3.05, 3.63) is 51.2 Å². The molecule has 0 aliphatic carbocycles. The first kappa shape index (κ1) is 19.1. The van der Waals surface area contributed by atoms with E-state index in [0.717, 1.165) is 10.4 Å². The average molecular weight is 382 g/mol. The third-order valence-corrected chi connectivity index (χ3v) is 4.88. The van der Waals surface area contributed by atoms with Crippen molar-refractivity contribution in [1.82, 2.24) is 10.2 Å². The van der Waals surface area contributed by atoms with E-state index in [-0.39, 0.29) is 12.3 Å². The van der Waals surface area contributed by atoms with Gasteiger partial charge in [0.05, 0.1) is 19.6 Å². The first-order valence-electron chi connectivity index (χ1n) is 7.56. The van der Waals surface area contributed by atoms with E-state index in [1.165, 1.54) is 11.3 Å². The molecule has 0 fully saturated rings. The number of rotatable bonds is 7. The van der Waals surface area contributed by atoms with Crippen LogP contribution in [0.2, 0.25) is 5.02 Å². The third-order valence-electron chi connectivity index (χ3n) is 3.66. The van der Waals surface area contributed by atoms with Gasteiger partial charge in [-0.25, -0.2) is 4.79 Å². The number of ether oxygens (including phenoxy) is 1. The van der Waals surface area contributed by atoms with Crippen LogP contribution in [0.15, 0.2) is 35.7 Å². The van der Waals surface area contributed by atoms with Crippen LogP contribution in [0, 0.1) is 0 Å². The number of urea groups is 1. The molecule has 25 heavy (non-hydrogen) atoms. The van der Waals surface area contributed by atoms with Gasteiger partial charge in [-0.1, -0.05) is 17.7 Å². The van der Waals surface area contributed by atoms with Gasteiger partial charge in [0.1, 0.15) is 5.75 Å². The van der Waals surface area contributed by atoms with Gasteiger partial charge < -0.3 is 20.7 Å². The molecule has 0 spiro atoms. The maximum Gasteiger partial charge on any atom is 0.312 e. The second-order valence-corrected chi connectivity index (χ2v) is 6.90. The average Bonchev–Trinajstić information content (AvgIpc) is 3.08. The lowest BCUT2D eigenvalue weighted by Crippen LogP contribution is -2.36. The van der Waals surface area contributed by atoms with E-state index >= 15 is 0 Å². The van der Waals surface area contributed by atoms with Crippen molar-refractivity contribution in [3.63, 3.8) is 0 Å². The standard InChI is InChI=1S/C17H20ClN3O3S/c1-21(10-11-8-12(18)5-6-14(11)24-2)16(22)9-13(20-17(19)23)15-4-3-7-25-15/h3-8,13H,9-10H2,1-2H3,(H3,19,20,23). The van der Waals surface area contributed by atoms with E-state index < -0.39 is 12.1 Å². The Labute approximate surface area is 155 Å². The van der Waals surface area contributed by atoms with Gasteiger partial charge in [0, 0.05) is 29.1 Å². The zero-order valence-corrected chi connectivity index (χ0v) is 15.6. The summed E-state index contributed by atoms with van der Waals surface area (Å²) in [5.74, 6) is 0.531. The van der Waals surface area contributed by atoms with Crippen LogP contribution in [0.5, 0.6) is 5.75 Å². The van der Waals surface area contributed by atoms with Crippen LogP contribution in [-0.4, -0.2) is 31.0 Å². The Morgan fingerprint density at radius 3 is 2.76 bits per heavy atom. The van der Waals surface area contributed by atoms with E-state index in [1.54, 1.807) is 37.3 Å². The Morgan fingerprint density at radius 1 is 1.40 bits per heavy atom. The molecule has 134 valence electrons. The largest absolute Gasteiger partial charge is 0.496 e. The Bertz CT molecular complexity index is 737.